The van der Waals surface area contributed by atoms with Crippen LogP contribution in [0.25, 0.3) is 0 Å². The molecule has 0 aromatic rings. The molecule has 1 N–H and O–H groups in total. The zero-order chi connectivity index (χ0) is 13.2. The van der Waals surface area contributed by atoms with Crippen molar-refractivity contribution in [1.29, 1.82) is 0 Å². The molecule has 106 valence electrons. The first kappa shape index (κ1) is 14.3. The standard InChI is InChI=1S/C16H32N2/c1-5-9-17-15(16(2,3)4)8-10-18-12-13-6-7-14(18)11-13/h13-15,17H,5-12H2,1-4H3. The van der Waals surface area contributed by atoms with Crippen molar-refractivity contribution in [3.63, 3.8) is 0 Å². The summed E-state index contributed by atoms with van der Waals surface area (Å²) in [6.07, 6.45) is 7.00. The van der Waals surface area contributed by atoms with Crippen LogP contribution in [0.1, 0.15) is 59.8 Å². The molecule has 2 aliphatic rings. The van der Waals surface area contributed by atoms with E-state index >= 15 is 0 Å². The summed E-state index contributed by atoms with van der Waals surface area (Å²) in [7, 11) is 0. The van der Waals surface area contributed by atoms with Crippen molar-refractivity contribution >= 4 is 0 Å². The van der Waals surface area contributed by atoms with Crippen LogP contribution in [0.4, 0.5) is 0 Å². The van der Waals surface area contributed by atoms with E-state index in [9.17, 15) is 0 Å². The largest absolute Gasteiger partial charge is 0.313 e. The number of nitrogens with zero attached hydrogens (tertiary/aromatic N) is 1. The molecular formula is C16H32N2. The quantitative estimate of drug-likeness (QED) is 0.780. The number of nitrogens with one attached hydrogen (secondary N) is 1. The average molecular weight is 252 g/mol. The molecule has 1 heterocycles. The maximum Gasteiger partial charge on any atom is 0.0128 e. The molecule has 18 heavy (non-hydrogen) atoms. The molecular weight excluding hydrogens is 220 g/mol. The van der Waals surface area contributed by atoms with Gasteiger partial charge in [-0.15, -0.1) is 0 Å². The molecule has 0 amide bonds. The van der Waals surface area contributed by atoms with Crippen molar-refractivity contribution in [3.05, 3.63) is 0 Å². The third kappa shape index (κ3) is 3.48. The second-order valence-corrected chi connectivity index (χ2v) is 7.49. The Kier molecular flexibility index (Phi) is 4.71. The molecule has 1 saturated heterocycles. The van der Waals surface area contributed by atoms with Crippen molar-refractivity contribution in [2.75, 3.05) is 19.6 Å². The highest BCUT2D eigenvalue weighted by atomic mass is 15.2. The molecule has 2 heteroatoms. The van der Waals surface area contributed by atoms with Crippen LogP contribution in [0.15, 0.2) is 0 Å². The van der Waals surface area contributed by atoms with Crippen molar-refractivity contribution in [2.45, 2.75) is 71.9 Å². The third-order valence-electron chi connectivity index (χ3n) is 4.91. The minimum absolute atomic E-state index is 0.383. The van der Waals surface area contributed by atoms with E-state index in [1.54, 1.807) is 0 Å². The summed E-state index contributed by atoms with van der Waals surface area (Å²) in [5, 5.41) is 3.75. The second kappa shape index (κ2) is 5.92. The van der Waals surface area contributed by atoms with Crippen LogP contribution in [0.3, 0.4) is 0 Å². The van der Waals surface area contributed by atoms with Gasteiger partial charge in [0.1, 0.15) is 0 Å². The first-order valence-corrected chi connectivity index (χ1v) is 7.98. The number of hydrogen-bond acceptors (Lipinski definition) is 2. The highest BCUT2D eigenvalue weighted by Gasteiger charge is 2.37. The van der Waals surface area contributed by atoms with Gasteiger partial charge in [0.2, 0.25) is 0 Å². The Bertz CT molecular complexity index is 256. The summed E-state index contributed by atoms with van der Waals surface area (Å²) in [5.74, 6) is 1.03. The molecule has 1 saturated carbocycles. The van der Waals surface area contributed by atoms with Gasteiger partial charge in [-0.3, -0.25) is 0 Å². The topological polar surface area (TPSA) is 15.3 Å². The predicted molar refractivity (Wildman–Crippen MR) is 78.9 cm³/mol. The highest BCUT2D eigenvalue weighted by molar-refractivity contribution is 4.93. The van der Waals surface area contributed by atoms with Gasteiger partial charge in [0.25, 0.3) is 0 Å². The molecule has 3 atom stereocenters. The summed E-state index contributed by atoms with van der Waals surface area (Å²) < 4.78 is 0. The van der Waals surface area contributed by atoms with Crippen molar-refractivity contribution in [2.24, 2.45) is 11.3 Å². The van der Waals surface area contributed by atoms with Crippen LogP contribution in [0.2, 0.25) is 0 Å². The SMILES string of the molecule is CCCNC(CCN1CC2CCC1C2)C(C)(C)C. The van der Waals surface area contributed by atoms with Crippen LogP contribution in [-0.4, -0.2) is 36.6 Å². The number of fused-ring (bicyclic) bond motifs is 2. The fraction of sp³-hybridized carbons (Fsp3) is 1.00. The fourth-order valence-electron chi connectivity index (χ4n) is 3.76. The summed E-state index contributed by atoms with van der Waals surface area (Å²) >= 11 is 0. The van der Waals surface area contributed by atoms with Gasteiger partial charge in [0.05, 0.1) is 0 Å². The molecule has 0 spiro atoms. The molecule has 1 aliphatic heterocycles. The number of rotatable bonds is 6. The number of likely N-dealkylation sites (tertiary alicyclic amines) is 1. The van der Waals surface area contributed by atoms with Gasteiger partial charge in [0.15, 0.2) is 0 Å². The predicted octanol–water partition coefficient (Wildman–Crippen LogP) is 3.28. The highest BCUT2D eigenvalue weighted by Crippen LogP contribution is 2.37. The van der Waals surface area contributed by atoms with E-state index in [0.29, 0.717) is 11.5 Å². The van der Waals surface area contributed by atoms with Gasteiger partial charge in [-0.1, -0.05) is 27.7 Å². The normalized spacial score (nSPS) is 30.0. The van der Waals surface area contributed by atoms with E-state index < -0.39 is 0 Å². The Morgan fingerprint density at radius 2 is 2.06 bits per heavy atom. The van der Waals surface area contributed by atoms with Crippen molar-refractivity contribution in [3.8, 4) is 0 Å². The van der Waals surface area contributed by atoms with Crippen LogP contribution >= 0.6 is 0 Å². The first-order valence-electron chi connectivity index (χ1n) is 7.98. The maximum absolute atomic E-state index is 3.75. The Labute approximate surface area is 114 Å². The Balaban J connectivity index is 1.78. The molecule has 2 bridgehead atoms. The third-order valence-corrected chi connectivity index (χ3v) is 4.91. The maximum atomic E-state index is 3.75. The summed E-state index contributed by atoms with van der Waals surface area (Å²) in [6.45, 7) is 13.2. The molecule has 1 aliphatic carbocycles. The van der Waals surface area contributed by atoms with Gasteiger partial charge in [-0.25, -0.2) is 0 Å². The lowest BCUT2D eigenvalue weighted by Crippen LogP contribution is -2.44. The van der Waals surface area contributed by atoms with E-state index in [-0.39, 0.29) is 0 Å². The number of piperidine rings is 1. The average Bonchev–Trinajstić information content (AvgIpc) is 2.89. The minimum Gasteiger partial charge on any atom is -0.313 e. The van der Waals surface area contributed by atoms with Gasteiger partial charge >= 0.3 is 0 Å². The molecule has 2 nitrogen and oxygen atoms in total. The van der Waals surface area contributed by atoms with E-state index in [1.165, 1.54) is 45.2 Å². The molecule has 0 aromatic heterocycles. The zero-order valence-corrected chi connectivity index (χ0v) is 12.8. The fourth-order valence-corrected chi connectivity index (χ4v) is 3.76. The van der Waals surface area contributed by atoms with Crippen LogP contribution in [0, 0.1) is 11.3 Å². The molecule has 0 aromatic carbocycles. The van der Waals surface area contributed by atoms with Crippen molar-refractivity contribution < 1.29 is 0 Å². The van der Waals surface area contributed by atoms with Gasteiger partial charge in [-0.2, -0.15) is 0 Å². The van der Waals surface area contributed by atoms with Crippen molar-refractivity contribution in [1.82, 2.24) is 10.2 Å². The molecule has 2 rings (SSSR count). The molecule has 0 radical (unpaired) electrons. The lowest BCUT2D eigenvalue weighted by molar-refractivity contribution is 0.174. The lowest BCUT2D eigenvalue weighted by Gasteiger charge is -2.35. The van der Waals surface area contributed by atoms with Gasteiger partial charge in [0, 0.05) is 18.6 Å². The van der Waals surface area contributed by atoms with E-state index in [0.717, 1.165) is 18.5 Å². The monoisotopic (exact) mass is 252 g/mol. The summed E-state index contributed by atoms with van der Waals surface area (Å²) in [4.78, 5) is 2.76. The number of hydrogen-bond donors (Lipinski definition) is 1. The summed E-state index contributed by atoms with van der Waals surface area (Å²) in [5.41, 5.74) is 0.383. The van der Waals surface area contributed by atoms with E-state index in [1.807, 2.05) is 0 Å². The second-order valence-electron chi connectivity index (χ2n) is 7.49. The Morgan fingerprint density at radius 1 is 1.28 bits per heavy atom. The Morgan fingerprint density at radius 3 is 2.56 bits per heavy atom. The lowest BCUT2D eigenvalue weighted by atomic mass is 9.84. The van der Waals surface area contributed by atoms with Crippen LogP contribution in [-0.2, 0) is 0 Å². The van der Waals surface area contributed by atoms with Gasteiger partial charge < -0.3 is 10.2 Å². The van der Waals surface area contributed by atoms with E-state index in [2.05, 4.69) is 37.9 Å². The summed E-state index contributed by atoms with van der Waals surface area (Å²) in [6, 6.07) is 1.60. The zero-order valence-electron chi connectivity index (χ0n) is 12.8. The molecule has 3 unspecified atom stereocenters. The smallest absolute Gasteiger partial charge is 0.0128 e. The first-order chi connectivity index (χ1) is 8.50. The van der Waals surface area contributed by atoms with E-state index in [4.69, 9.17) is 0 Å². The molecule has 2 fully saturated rings. The van der Waals surface area contributed by atoms with Gasteiger partial charge in [-0.05, 0) is 56.5 Å². The Hall–Kier alpha value is -0.0800. The van der Waals surface area contributed by atoms with Crippen LogP contribution in [0.5, 0.6) is 0 Å². The van der Waals surface area contributed by atoms with Crippen LogP contribution < -0.4 is 5.32 Å². The minimum atomic E-state index is 0.383.